The van der Waals surface area contributed by atoms with Gasteiger partial charge < -0.3 is 29.5 Å². The summed E-state index contributed by atoms with van der Waals surface area (Å²) in [5, 5.41) is 9.70. The van der Waals surface area contributed by atoms with Gasteiger partial charge in [0.15, 0.2) is 0 Å². The smallest absolute Gasteiger partial charge is 0.294 e. The number of nitrogens with zero attached hydrogens (tertiary/aromatic N) is 2. The second kappa shape index (κ2) is 9.73. The molecular formula is C21H28N4O5. The average Bonchev–Trinajstić information content (AvgIpc) is 3.28. The molecule has 0 spiro atoms. The second-order valence-corrected chi connectivity index (χ2v) is 7.60. The van der Waals surface area contributed by atoms with Crippen LogP contribution >= 0.6 is 0 Å². The number of rotatable bonds is 3. The molecule has 1 aromatic heterocycles. The number of anilines is 1. The summed E-state index contributed by atoms with van der Waals surface area (Å²) in [6.07, 6.45) is 1.30. The van der Waals surface area contributed by atoms with E-state index in [0.717, 1.165) is 6.54 Å². The Balaban J connectivity index is 1.87. The number of nitrogens with one attached hydrogen (secondary N) is 2. The Morgan fingerprint density at radius 1 is 1.33 bits per heavy atom. The van der Waals surface area contributed by atoms with Crippen LogP contribution in [-0.2, 0) is 4.74 Å². The van der Waals surface area contributed by atoms with E-state index < -0.39 is 5.91 Å². The predicted molar refractivity (Wildman–Crippen MR) is 111 cm³/mol. The van der Waals surface area contributed by atoms with E-state index in [2.05, 4.69) is 22.7 Å². The molecule has 0 radical (unpaired) electrons. The molecule has 3 rings (SSSR count). The number of methoxy groups -OCH3 is 1. The minimum atomic E-state index is -0.434. The average molecular weight is 416 g/mol. The second-order valence-electron chi connectivity index (χ2n) is 7.60. The fourth-order valence-electron chi connectivity index (χ4n) is 3.26. The number of benzene rings is 1. The van der Waals surface area contributed by atoms with Gasteiger partial charge >= 0.3 is 0 Å². The third kappa shape index (κ3) is 5.17. The molecule has 0 fully saturated rings. The summed E-state index contributed by atoms with van der Waals surface area (Å²) < 4.78 is 16.5. The molecule has 162 valence electrons. The summed E-state index contributed by atoms with van der Waals surface area (Å²) in [7, 11) is 3.40. The Bertz CT molecular complexity index is 870. The van der Waals surface area contributed by atoms with Gasteiger partial charge in [0.1, 0.15) is 12.4 Å². The molecule has 2 heterocycles. The van der Waals surface area contributed by atoms with Gasteiger partial charge in [-0.25, -0.2) is 0 Å². The fourth-order valence-corrected chi connectivity index (χ4v) is 3.26. The third-order valence-electron chi connectivity index (χ3n) is 5.15. The summed E-state index contributed by atoms with van der Waals surface area (Å²) in [5.74, 6) is 0.111. The number of carbonyl (C=O) groups excluding carboxylic acids is 2. The Labute approximate surface area is 175 Å². The molecule has 0 bridgehead atoms. The van der Waals surface area contributed by atoms with Crippen LogP contribution in [0.15, 0.2) is 35.0 Å². The van der Waals surface area contributed by atoms with Gasteiger partial charge in [-0.05, 0) is 25.0 Å². The lowest BCUT2D eigenvalue weighted by Gasteiger charge is -2.30. The zero-order chi connectivity index (χ0) is 21.7. The summed E-state index contributed by atoms with van der Waals surface area (Å²) in [6.45, 7) is 5.68. The van der Waals surface area contributed by atoms with Crippen molar-refractivity contribution in [3.8, 4) is 5.75 Å². The summed E-state index contributed by atoms with van der Waals surface area (Å²) in [5.41, 5.74) is 0.909. The Morgan fingerprint density at radius 2 is 2.13 bits per heavy atom. The van der Waals surface area contributed by atoms with Crippen LogP contribution in [0.25, 0.3) is 0 Å². The SMILES string of the molecule is CO[C@@H]1CN(C)C(=O)c2ccc(NC(=O)c3ccno3)cc2OC[C@@H](C)NC[C@@H]1C. The molecule has 0 saturated heterocycles. The third-order valence-corrected chi connectivity index (χ3v) is 5.15. The van der Waals surface area contributed by atoms with E-state index in [9.17, 15) is 9.59 Å². The number of carbonyl (C=O) groups is 2. The molecule has 1 aliphatic heterocycles. The van der Waals surface area contributed by atoms with E-state index in [1.807, 2.05) is 6.92 Å². The largest absolute Gasteiger partial charge is 0.491 e. The van der Waals surface area contributed by atoms with Crippen LogP contribution < -0.4 is 15.4 Å². The maximum atomic E-state index is 13.1. The molecular weight excluding hydrogens is 388 g/mol. The number of ether oxygens (including phenoxy) is 2. The topological polar surface area (TPSA) is 106 Å². The summed E-state index contributed by atoms with van der Waals surface area (Å²) in [4.78, 5) is 27.0. The van der Waals surface area contributed by atoms with Crippen LogP contribution in [-0.4, -0.2) is 67.9 Å². The first kappa shape index (κ1) is 21.8. The number of amides is 2. The molecule has 2 aromatic rings. The van der Waals surface area contributed by atoms with Crippen molar-refractivity contribution in [1.82, 2.24) is 15.4 Å². The van der Waals surface area contributed by atoms with E-state index in [1.165, 1.54) is 12.3 Å². The lowest BCUT2D eigenvalue weighted by molar-refractivity contribution is 0.0281. The van der Waals surface area contributed by atoms with Crippen LogP contribution in [0.4, 0.5) is 5.69 Å². The maximum Gasteiger partial charge on any atom is 0.294 e. The molecule has 2 amide bonds. The molecule has 1 aromatic carbocycles. The number of hydrogen-bond acceptors (Lipinski definition) is 7. The Hall–Kier alpha value is -2.91. The van der Waals surface area contributed by atoms with Crippen molar-refractivity contribution < 1.29 is 23.6 Å². The first-order valence-corrected chi connectivity index (χ1v) is 9.89. The van der Waals surface area contributed by atoms with E-state index in [4.69, 9.17) is 14.0 Å². The first-order chi connectivity index (χ1) is 14.4. The molecule has 0 saturated carbocycles. The van der Waals surface area contributed by atoms with E-state index in [1.54, 1.807) is 37.3 Å². The molecule has 0 aliphatic carbocycles. The summed E-state index contributed by atoms with van der Waals surface area (Å²) in [6, 6.07) is 6.49. The zero-order valence-corrected chi connectivity index (χ0v) is 17.7. The van der Waals surface area contributed by atoms with Gasteiger partial charge in [0.2, 0.25) is 5.76 Å². The van der Waals surface area contributed by atoms with E-state index in [0.29, 0.717) is 30.2 Å². The highest BCUT2D eigenvalue weighted by molar-refractivity contribution is 6.03. The molecule has 30 heavy (non-hydrogen) atoms. The van der Waals surface area contributed by atoms with Crippen molar-refractivity contribution in [2.45, 2.75) is 26.0 Å². The molecule has 9 nitrogen and oxygen atoms in total. The van der Waals surface area contributed by atoms with Crippen molar-refractivity contribution in [3.63, 3.8) is 0 Å². The highest BCUT2D eigenvalue weighted by Gasteiger charge is 2.25. The highest BCUT2D eigenvalue weighted by Crippen LogP contribution is 2.26. The lowest BCUT2D eigenvalue weighted by atomic mass is 10.0. The maximum absolute atomic E-state index is 13.1. The van der Waals surface area contributed by atoms with Crippen LogP contribution in [0.3, 0.4) is 0 Å². The number of hydrogen-bond donors (Lipinski definition) is 2. The lowest BCUT2D eigenvalue weighted by Crippen LogP contribution is -2.44. The van der Waals surface area contributed by atoms with Crippen molar-refractivity contribution in [3.05, 3.63) is 41.8 Å². The van der Waals surface area contributed by atoms with Crippen LogP contribution in [0.2, 0.25) is 0 Å². The number of aromatic nitrogens is 1. The van der Waals surface area contributed by atoms with Gasteiger partial charge in [-0.1, -0.05) is 12.1 Å². The number of fused-ring (bicyclic) bond motifs is 1. The first-order valence-electron chi connectivity index (χ1n) is 9.89. The predicted octanol–water partition coefficient (Wildman–Crippen LogP) is 2.02. The van der Waals surface area contributed by atoms with Gasteiger partial charge in [-0.2, -0.15) is 0 Å². The van der Waals surface area contributed by atoms with Crippen molar-refractivity contribution >= 4 is 17.5 Å². The van der Waals surface area contributed by atoms with Gasteiger partial charge in [-0.15, -0.1) is 0 Å². The van der Waals surface area contributed by atoms with Crippen LogP contribution in [0, 0.1) is 5.92 Å². The molecule has 9 heteroatoms. The van der Waals surface area contributed by atoms with Gasteiger partial charge in [0.25, 0.3) is 11.8 Å². The van der Waals surface area contributed by atoms with Gasteiger partial charge in [-0.3, -0.25) is 9.59 Å². The standard InChI is InChI=1S/C21H28N4O5/c1-13-10-22-14(2)12-29-18-9-15(24-20(26)17-7-8-23-30-17)5-6-16(18)21(27)25(3)11-19(13)28-4/h5-9,13-14,19,22H,10-12H2,1-4H3,(H,24,26)/t13-,14+,19+/m0/s1. The van der Waals surface area contributed by atoms with E-state index in [-0.39, 0.29) is 29.7 Å². The Morgan fingerprint density at radius 3 is 2.83 bits per heavy atom. The quantitative estimate of drug-likeness (QED) is 0.788. The Kier molecular flexibility index (Phi) is 7.07. The molecule has 0 unspecified atom stereocenters. The van der Waals surface area contributed by atoms with Crippen molar-refractivity contribution in [2.75, 3.05) is 39.2 Å². The van der Waals surface area contributed by atoms with E-state index >= 15 is 0 Å². The normalized spacial score (nSPS) is 23.0. The van der Waals surface area contributed by atoms with Gasteiger partial charge in [0.05, 0.1) is 17.9 Å². The molecule has 2 N–H and O–H groups in total. The minimum absolute atomic E-state index is 0.0671. The number of likely N-dealkylation sites (N-methyl/N-ethyl adjacent to an activating group) is 1. The monoisotopic (exact) mass is 416 g/mol. The van der Waals surface area contributed by atoms with Gasteiger partial charge in [0, 0.05) is 51.1 Å². The van der Waals surface area contributed by atoms with Crippen LogP contribution in [0.5, 0.6) is 5.75 Å². The van der Waals surface area contributed by atoms with Crippen LogP contribution in [0.1, 0.15) is 34.8 Å². The van der Waals surface area contributed by atoms with Crippen molar-refractivity contribution in [1.29, 1.82) is 0 Å². The zero-order valence-electron chi connectivity index (χ0n) is 17.7. The fraction of sp³-hybridized carbons (Fsp3) is 0.476. The summed E-state index contributed by atoms with van der Waals surface area (Å²) >= 11 is 0. The minimum Gasteiger partial charge on any atom is -0.491 e. The molecule has 3 atom stereocenters. The highest BCUT2D eigenvalue weighted by atomic mass is 16.5. The molecule has 1 aliphatic rings. The van der Waals surface area contributed by atoms with Crippen molar-refractivity contribution in [2.24, 2.45) is 5.92 Å².